The van der Waals surface area contributed by atoms with E-state index in [1.807, 2.05) is 6.92 Å². The number of aryl methyl sites for hydroxylation is 1. The number of benzene rings is 1. The molecular weight excluding hydrogens is 290 g/mol. The van der Waals surface area contributed by atoms with Gasteiger partial charge in [-0.1, -0.05) is 6.92 Å². The highest BCUT2D eigenvalue weighted by atomic mass is 79.9. The number of nitro groups is 1. The first-order chi connectivity index (χ1) is 8.01. The van der Waals surface area contributed by atoms with E-state index in [1.54, 1.807) is 13.0 Å². The molecular formula is C11H12BrNO4. The Balaban J connectivity index is 3.29. The molecule has 0 spiro atoms. The third kappa shape index (κ3) is 3.03. The number of hydrogen-bond acceptors (Lipinski definition) is 4. The molecule has 6 heteroatoms. The molecule has 0 amide bonds. The molecule has 0 heterocycles. The van der Waals surface area contributed by atoms with Crippen LogP contribution in [0, 0.1) is 10.1 Å². The average Bonchev–Trinajstić information content (AvgIpc) is 2.29. The molecule has 0 N–H and O–H groups in total. The van der Waals surface area contributed by atoms with Crippen LogP contribution in [0.25, 0.3) is 0 Å². The summed E-state index contributed by atoms with van der Waals surface area (Å²) in [5.41, 5.74) is 0.799. The number of rotatable bonds is 4. The molecule has 5 nitrogen and oxygen atoms in total. The van der Waals surface area contributed by atoms with Crippen molar-refractivity contribution in [3.8, 4) is 0 Å². The van der Waals surface area contributed by atoms with Crippen LogP contribution in [0.1, 0.15) is 29.8 Å². The Morgan fingerprint density at radius 1 is 1.47 bits per heavy atom. The van der Waals surface area contributed by atoms with E-state index < -0.39 is 10.9 Å². The Morgan fingerprint density at radius 2 is 2.12 bits per heavy atom. The molecule has 0 aliphatic heterocycles. The number of halogens is 1. The lowest BCUT2D eigenvalue weighted by Crippen LogP contribution is -2.06. The molecule has 0 radical (unpaired) electrons. The van der Waals surface area contributed by atoms with E-state index in [1.165, 1.54) is 6.07 Å². The number of nitro benzene ring substituents is 1. The lowest BCUT2D eigenvalue weighted by Gasteiger charge is -2.06. The van der Waals surface area contributed by atoms with Crippen LogP contribution < -0.4 is 0 Å². The van der Waals surface area contributed by atoms with Gasteiger partial charge in [-0.2, -0.15) is 0 Å². The van der Waals surface area contributed by atoms with Gasteiger partial charge in [0.05, 0.1) is 21.6 Å². The van der Waals surface area contributed by atoms with Crippen LogP contribution in [-0.2, 0) is 11.2 Å². The second-order valence-corrected chi connectivity index (χ2v) is 4.09. The number of esters is 1. The molecule has 1 rings (SSSR count). The van der Waals surface area contributed by atoms with Crippen molar-refractivity contribution in [3.05, 3.63) is 37.8 Å². The number of carbonyl (C=O) groups excluding carboxylic acids is 1. The van der Waals surface area contributed by atoms with Crippen LogP contribution in [0.5, 0.6) is 0 Å². The number of carbonyl (C=O) groups is 1. The van der Waals surface area contributed by atoms with Crippen molar-refractivity contribution in [1.82, 2.24) is 0 Å². The van der Waals surface area contributed by atoms with Gasteiger partial charge in [-0.05, 0) is 40.9 Å². The molecule has 0 saturated heterocycles. The summed E-state index contributed by atoms with van der Waals surface area (Å²) in [6, 6.07) is 2.83. The summed E-state index contributed by atoms with van der Waals surface area (Å²) in [5.74, 6) is -0.544. The van der Waals surface area contributed by atoms with Gasteiger partial charge < -0.3 is 4.74 Å². The maximum absolute atomic E-state index is 11.5. The number of ether oxygens (including phenoxy) is 1. The zero-order valence-corrected chi connectivity index (χ0v) is 11.1. The fourth-order valence-corrected chi connectivity index (χ4v) is 2.04. The van der Waals surface area contributed by atoms with Crippen LogP contribution >= 0.6 is 15.9 Å². The Bertz CT molecular complexity index is 459. The standard InChI is InChI=1S/C11H12BrNO4/c1-3-7-5-8(11(14)17-4-2)6-9(10(7)12)13(15)16/h5-6H,3-4H2,1-2H3. The van der Waals surface area contributed by atoms with Crippen molar-refractivity contribution in [3.63, 3.8) is 0 Å². The van der Waals surface area contributed by atoms with E-state index in [4.69, 9.17) is 4.74 Å². The molecule has 0 atom stereocenters. The summed E-state index contributed by atoms with van der Waals surface area (Å²) in [7, 11) is 0. The van der Waals surface area contributed by atoms with Gasteiger partial charge in [-0.3, -0.25) is 10.1 Å². The topological polar surface area (TPSA) is 69.4 Å². The number of nitrogens with zero attached hydrogens (tertiary/aromatic N) is 1. The van der Waals surface area contributed by atoms with E-state index in [0.29, 0.717) is 16.5 Å². The van der Waals surface area contributed by atoms with Gasteiger partial charge in [0, 0.05) is 6.07 Å². The van der Waals surface area contributed by atoms with E-state index >= 15 is 0 Å². The van der Waals surface area contributed by atoms with Gasteiger partial charge in [-0.15, -0.1) is 0 Å². The van der Waals surface area contributed by atoms with Crippen molar-refractivity contribution in [2.45, 2.75) is 20.3 Å². The quantitative estimate of drug-likeness (QED) is 0.487. The largest absolute Gasteiger partial charge is 0.462 e. The maximum atomic E-state index is 11.5. The highest BCUT2D eigenvalue weighted by Crippen LogP contribution is 2.30. The van der Waals surface area contributed by atoms with Gasteiger partial charge >= 0.3 is 5.97 Å². The van der Waals surface area contributed by atoms with Crippen molar-refractivity contribution in [2.24, 2.45) is 0 Å². The summed E-state index contributed by atoms with van der Waals surface area (Å²) in [6.07, 6.45) is 0.592. The van der Waals surface area contributed by atoms with Crippen molar-refractivity contribution in [2.75, 3.05) is 6.61 Å². The Kier molecular flexibility index (Phi) is 4.62. The third-order valence-electron chi connectivity index (χ3n) is 2.22. The summed E-state index contributed by atoms with van der Waals surface area (Å²) >= 11 is 3.17. The van der Waals surface area contributed by atoms with Gasteiger partial charge in [0.25, 0.3) is 5.69 Å². The predicted molar refractivity (Wildman–Crippen MR) is 66.1 cm³/mol. The molecule has 17 heavy (non-hydrogen) atoms. The monoisotopic (exact) mass is 301 g/mol. The van der Waals surface area contributed by atoms with E-state index in [2.05, 4.69) is 15.9 Å². The lowest BCUT2D eigenvalue weighted by atomic mass is 10.1. The fourth-order valence-electron chi connectivity index (χ4n) is 1.39. The molecule has 0 unspecified atom stereocenters. The van der Waals surface area contributed by atoms with Crippen LogP contribution in [0.3, 0.4) is 0 Å². The van der Waals surface area contributed by atoms with Crippen LogP contribution in [0.15, 0.2) is 16.6 Å². The zero-order valence-electron chi connectivity index (χ0n) is 9.53. The minimum absolute atomic E-state index is 0.118. The normalized spacial score (nSPS) is 10.1. The van der Waals surface area contributed by atoms with E-state index in [0.717, 1.165) is 0 Å². The summed E-state index contributed by atoms with van der Waals surface area (Å²) < 4.78 is 5.24. The molecule has 0 aliphatic rings. The van der Waals surface area contributed by atoms with Gasteiger partial charge in [0.15, 0.2) is 0 Å². The maximum Gasteiger partial charge on any atom is 0.338 e. The predicted octanol–water partition coefficient (Wildman–Crippen LogP) is 3.10. The molecule has 0 saturated carbocycles. The summed E-state index contributed by atoms with van der Waals surface area (Å²) in [4.78, 5) is 21.9. The zero-order chi connectivity index (χ0) is 13.0. The third-order valence-corrected chi connectivity index (χ3v) is 3.13. The first-order valence-corrected chi connectivity index (χ1v) is 5.94. The minimum Gasteiger partial charge on any atom is -0.462 e. The smallest absolute Gasteiger partial charge is 0.338 e. The second kappa shape index (κ2) is 5.77. The Morgan fingerprint density at radius 3 is 2.59 bits per heavy atom. The Hall–Kier alpha value is -1.43. The van der Waals surface area contributed by atoms with Crippen LogP contribution in [0.2, 0.25) is 0 Å². The SMILES string of the molecule is CCOC(=O)c1cc(CC)c(Br)c([N+](=O)[O-])c1. The van der Waals surface area contributed by atoms with Crippen LogP contribution in [-0.4, -0.2) is 17.5 Å². The van der Waals surface area contributed by atoms with Gasteiger partial charge in [0.1, 0.15) is 0 Å². The van der Waals surface area contributed by atoms with Gasteiger partial charge in [0.2, 0.25) is 0 Å². The van der Waals surface area contributed by atoms with Crippen LogP contribution in [0.4, 0.5) is 5.69 Å². The number of hydrogen-bond donors (Lipinski definition) is 0. The highest BCUT2D eigenvalue weighted by Gasteiger charge is 2.20. The fraction of sp³-hybridized carbons (Fsp3) is 0.364. The Labute approximate surface area is 107 Å². The molecule has 1 aromatic rings. The molecule has 92 valence electrons. The molecule has 0 aliphatic carbocycles. The average molecular weight is 302 g/mol. The minimum atomic E-state index is -0.544. The van der Waals surface area contributed by atoms with Crippen molar-refractivity contribution < 1.29 is 14.5 Å². The van der Waals surface area contributed by atoms with Crippen molar-refractivity contribution >= 4 is 27.6 Å². The summed E-state index contributed by atoms with van der Waals surface area (Å²) in [5, 5.41) is 10.8. The molecule has 0 aromatic heterocycles. The molecule has 0 fully saturated rings. The molecule has 1 aromatic carbocycles. The molecule has 0 bridgehead atoms. The first-order valence-electron chi connectivity index (χ1n) is 5.15. The van der Waals surface area contributed by atoms with E-state index in [-0.39, 0.29) is 17.9 Å². The second-order valence-electron chi connectivity index (χ2n) is 3.30. The lowest BCUT2D eigenvalue weighted by molar-refractivity contribution is -0.385. The van der Waals surface area contributed by atoms with Crippen molar-refractivity contribution in [1.29, 1.82) is 0 Å². The first kappa shape index (κ1) is 13.6. The summed E-state index contributed by atoms with van der Waals surface area (Å²) in [6.45, 7) is 3.79. The highest BCUT2D eigenvalue weighted by molar-refractivity contribution is 9.10. The van der Waals surface area contributed by atoms with Gasteiger partial charge in [-0.25, -0.2) is 4.79 Å². The van der Waals surface area contributed by atoms with E-state index in [9.17, 15) is 14.9 Å².